The lowest BCUT2D eigenvalue weighted by molar-refractivity contribution is 0.102. The highest BCUT2D eigenvalue weighted by Gasteiger charge is 2.39. The maximum atomic E-state index is 12.4. The van der Waals surface area contributed by atoms with Crippen molar-refractivity contribution in [3.63, 3.8) is 0 Å². The van der Waals surface area contributed by atoms with Crippen LogP contribution in [0.3, 0.4) is 0 Å². The third kappa shape index (κ3) is 4.97. The number of amides is 1. The average molecular weight is 383 g/mol. The van der Waals surface area contributed by atoms with E-state index >= 15 is 0 Å². The minimum absolute atomic E-state index is 0. The van der Waals surface area contributed by atoms with E-state index in [1.165, 1.54) is 24.8 Å². The van der Waals surface area contributed by atoms with Crippen molar-refractivity contribution in [1.82, 2.24) is 15.1 Å². The number of halogens is 2. The van der Waals surface area contributed by atoms with Gasteiger partial charge >= 0.3 is 0 Å². The van der Waals surface area contributed by atoms with E-state index in [1.54, 1.807) is 17.1 Å². The van der Waals surface area contributed by atoms with Crippen LogP contribution in [0, 0.1) is 5.92 Å². The predicted octanol–water partition coefficient (Wildman–Crippen LogP) is 3.37. The Balaban J connectivity index is 0.00000113. The molecule has 2 aromatic rings. The van der Waals surface area contributed by atoms with Crippen LogP contribution < -0.4 is 10.6 Å². The Labute approximate surface area is 160 Å². The Kier molecular flexibility index (Phi) is 6.49. The molecule has 136 valence electrons. The number of rotatable bonds is 6. The number of aryl methyl sites for hydroxylation is 1. The number of nitrogens with zero attached hydrogens (tertiary/aromatic N) is 2. The van der Waals surface area contributed by atoms with Crippen LogP contribution in [0.25, 0.3) is 0 Å². The molecular formula is C18H24Cl2N4O. The van der Waals surface area contributed by atoms with Crippen LogP contribution in [0.1, 0.15) is 41.1 Å². The Bertz CT molecular complexity index is 729. The molecule has 0 aliphatic heterocycles. The molecule has 5 nitrogen and oxygen atoms in total. The van der Waals surface area contributed by atoms with Crippen molar-refractivity contribution in [1.29, 1.82) is 0 Å². The molecule has 2 N–H and O–H groups in total. The zero-order valence-corrected chi connectivity index (χ0v) is 15.8. The van der Waals surface area contributed by atoms with Gasteiger partial charge in [0, 0.05) is 30.8 Å². The Morgan fingerprint density at radius 2 is 2.12 bits per heavy atom. The highest BCUT2D eigenvalue weighted by Crippen LogP contribution is 2.41. The molecule has 2 atom stereocenters. The SMILES string of the molecule is Cl.Cl.Cn1cc(NC(=O)c2cccc([C@@H]3C[C@H]3NCC3CC3)c2)cn1. The van der Waals surface area contributed by atoms with Gasteiger partial charge in [0.2, 0.25) is 0 Å². The molecule has 0 spiro atoms. The fraction of sp³-hybridized carbons (Fsp3) is 0.444. The van der Waals surface area contributed by atoms with E-state index < -0.39 is 0 Å². The first kappa shape index (κ1) is 19.8. The molecule has 2 fully saturated rings. The fourth-order valence-corrected chi connectivity index (χ4v) is 3.03. The normalized spacial score (nSPS) is 21.0. The molecule has 7 heteroatoms. The molecule has 0 bridgehead atoms. The molecular weight excluding hydrogens is 359 g/mol. The first-order valence-electron chi connectivity index (χ1n) is 8.32. The summed E-state index contributed by atoms with van der Waals surface area (Å²) in [5.41, 5.74) is 2.69. The van der Waals surface area contributed by atoms with Crippen LogP contribution in [0.4, 0.5) is 5.69 Å². The fourth-order valence-electron chi connectivity index (χ4n) is 3.03. The average Bonchev–Trinajstić information content (AvgIpc) is 3.45. The van der Waals surface area contributed by atoms with Crippen molar-refractivity contribution < 1.29 is 4.79 Å². The van der Waals surface area contributed by atoms with E-state index in [9.17, 15) is 4.79 Å². The number of anilines is 1. The third-order valence-corrected chi connectivity index (χ3v) is 4.70. The standard InChI is InChI=1S/C18H22N4O.2ClH/c1-22-11-15(10-20-22)21-18(23)14-4-2-3-13(7-14)16-8-17(16)19-9-12-5-6-12;;/h2-4,7,10-12,16-17,19H,5-6,8-9H2,1H3,(H,21,23);2*1H/t16-,17+;;/m0../s1. The number of carbonyl (C=O) groups excluding carboxylic acids is 1. The van der Waals surface area contributed by atoms with Gasteiger partial charge in [-0.2, -0.15) is 5.10 Å². The van der Waals surface area contributed by atoms with Gasteiger partial charge in [0.05, 0.1) is 11.9 Å². The van der Waals surface area contributed by atoms with Crippen LogP contribution in [0.15, 0.2) is 36.7 Å². The second-order valence-electron chi connectivity index (χ2n) is 6.78. The molecule has 0 radical (unpaired) electrons. The summed E-state index contributed by atoms with van der Waals surface area (Å²) in [4.78, 5) is 12.4. The summed E-state index contributed by atoms with van der Waals surface area (Å²) in [7, 11) is 1.83. The molecule has 0 unspecified atom stereocenters. The number of hydrogen-bond acceptors (Lipinski definition) is 3. The molecule has 1 heterocycles. The summed E-state index contributed by atoms with van der Waals surface area (Å²) in [5, 5.41) is 10.6. The number of nitrogens with one attached hydrogen (secondary N) is 2. The van der Waals surface area contributed by atoms with Gasteiger partial charge in [0.1, 0.15) is 0 Å². The summed E-state index contributed by atoms with van der Waals surface area (Å²) in [6.45, 7) is 1.16. The minimum atomic E-state index is -0.0806. The molecule has 2 aliphatic rings. The maximum absolute atomic E-state index is 12.4. The molecule has 25 heavy (non-hydrogen) atoms. The van der Waals surface area contributed by atoms with Crippen molar-refractivity contribution in [2.24, 2.45) is 13.0 Å². The number of carbonyl (C=O) groups is 1. The van der Waals surface area contributed by atoms with Crippen LogP contribution in [0.5, 0.6) is 0 Å². The largest absolute Gasteiger partial charge is 0.319 e. The van der Waals surface area contributed by atoms with Crippen LogP contribution in [-0.2, 0) is 7.05 Å². The Morgan fingerprint density at radius 1 is 1.32 bits per heavy atom. The zero-order valence-electron chi connectivity index (χ0n) is 14.1. The van der Waals surface area contributed by atoms with Gasteiger partial charge in [0.25, 0.3) is 5.91 Å². The second-order valence-corrected chi connectivity index (χ2v) is 6.78. The molecule has 1 aromatic carbocycles. The van der Waals surface area contributed by atoms with Crippen molar-refractivity contribution in [3.05, 3.63) is 47.8 Å². The first-order chi connectivity index (χ1) is 11.2. The highest BCUT2D eigenvalue weighted by molar-refractivity contribution is 6.04. The predicted molar refractivity (Wildman–Crippen MR) is 104 cm³/mol. The van der Waals surface area contributed by atoms with Crippen LogP contribution in [0.2, 0.25) is 0 Å². The highest BCUT2D eigenvalue weighted by atomic mass is 35.5. The summed E-state index contributed by atoms with van der Waals surface area (Å²) >= 11 is 0. The number of aromatic nitrogens is 2. The van der Waals surface area contributed by atoms with Gasteiger partial charge < -0.3 is 10.6 Å². The number of benzene rings is 1. The third-order valence-electron chi connectivity index (χ3n) is 4.70. The van der Waals surface area contributed by atoms with E-state index in [1.807, 2.05) is 25.2 Å². The Morgan fingerprint density at radius 3 is 2.80 bits per heavy atom. The van der Waals surface area contributed by atoms with Gasteiger partial charge in [-0.25, -0.2) is 0 Å². The van der Waals surface area contributed by atoms with E-state index in [-0.39, 0.29) is 30.7 Å². The smallest absolute Gasteiger partial charge is 0.255 e. The van der Waals surface area contributed by atoms with Gasteiger partial charge in [-0.1, -0.05) is 12.1 Å². The zero-order chi connectivity index (χ0) is 15.8. The lowest BCUT2D eigenvalue weighted by atomic mass is 10.1. The molecule has 1 aromatic heterocycles. The van der Waals surface area contributed by atoms with Crippen molar-refractivity contribution in [3.8, 4) is 0 Å². The number of hydrogen-bond donors (Lipinski definition) is 2. The molecule has 2 aliphatic carbocycles. The summed E-state index contributed by atoms with van der Waals surface area (Å²) < 4.78 is 1.67. The lowest BCUT2D eigenvalue weighted by Crippen LogP contribution is -2.20. The first-order valence-corrected chi connectivity index (χ1v) is 8.32. The second kappa shape index (κ2) is 8.21. The van der Waals surface area contributed by atoms with Crippen molar-refractivity contribution in [2.75, 3.05) is 11.9 Å². The van der Waals surface area contributed by atoms with E-state index in [4.69, 9.17) is 0 Å². The van der Waals surface area contributed by atoms with Crippen molar-refractivity contribution in [2.45, 2.75) is 31.2 Å². The maximum Gasteiger partial charge on any atom is 0.255 e. The topological polar surface area (TPSA) is 59.0 Å². The minimum Gasteiger partial charge on any atom is -0.319 e. The summed E-state index contributed by atoms with van der Waals surface area (Å²) in [6.07, 6.45) is 7.39. The van der Waals surface area contributed by atoms with Gasteiger partial charge in [-0.05, 0) is 49.4 Å². The summed E-state index contributed by atoms with van der Waals surface area (Å²) in [6, 6.07) is 8.58. The van der Waals surface area contributed by atoms with Gasteiger partial charge in [-0.3, -0.25) is 9.48 Å². The monoisotopic (exact) mass is 382 g/mol. The van der Waals surface area contributed by atoms with E-state index in [0.717, 1.165) is 18.2 Å². The quantitative estimate of drug-likeness (QED) is 0.804. The molecule has 2 saturated carbocycles. The summed E-state index contributed by atoms with van der Waals surface area (Å²) in [5.74, 6) is 1.38. The molecule has 4 rings (SSSR count). The Hall–Kier alpha value is -1.56. The molecule has 0 saturated heterocycles. The van der Waals surface area contributed by atoms with E-state index in [0.29, 0.717) is 17.5 Å². The van der Waals surface area contributed by atoms with Gasteiger partial charge in [0.15, 0.2) is 0 Å². The lowest BCUT2D eigenvalue weighted by Gasteiger charge is -2.06. The van der Waals surface area contributed by atoms with Crippen molar-refractivity contribution >= 4 is 36.4 Å². The van der Waals surface area contributed by atoms with Crippen LogP contribution in [-0.4, -0.2) is 28.3 Å². The van der Waals surface area contributed by atoms with Gasteiger partial charge in [-0.15, -0.1) is 24.8 Å². The van der Waals surface area contributed by atoms with Crippen LogP contribution >= 0.6 is 24.8 Å². The molecule has 1 amide bonds. The van der Waals surface area contributed by atoms with E-state index in [2.05, 4.69) is 21.8 Å².